The van der Waals surface area contributed by atoms with Gasteiger partial charge in [0.25, 0.3) is 0 Å². The molecule has 2 rings (SSSR count). The summed E-state index contributed by atoms with van der Waals surface area (Å²) in [6, 6.07) is 6.57. The molecule has 0 aliphatic carbocycles. The van der Waals surface area contributed by atoms with Gasteiger partial charge in [0.2, 0.25) is 0 Å². The molecule has 1 fully saturated rings. The van der Waals surface area contributed by atoms with E-state index in [4.69, 9.17) is 4.74 Å². The van der Waals surface area contributed by atoms with Gasteiger partial charge in [0.15, 0.2) is 0 Å². The Morgan fingerprint density at radius 3 is 2.75 bits per heavy atom. The SMILES string of the molecule is CC[C@H](O)CN(Cc1ccc(F)cc1)C[C@H]1CCCO1. The van der Waals surface area contributed by atoms with E-state index in [0.717, 1.165) is 44.5 Å². The van der Waals surface area contributed by atoms with Crippen LogP contribution < -0.4 is 0 Å². The minimum Gasteiger partial charge on any atom is -0.392 e. The van der Waals surface area contributed by atoms with E-state index in [1.807, 2.05) is 6.92 Å². The first-order valence-electron chi connectivity index (χ1n) is 7.44. The number of ether oxygens (including phenoxy) is 1. The summed E-state index contributed by atoms with van der Waals surface area (Å²) in [6.07, 6.45) is 2.88. The number of hydrogen-bond donors (Lipinski definition) is 1. The van der Waals surface area contributed by atoms with Crippen LogP contribution in [0, 0.1) is 5.82 Å². The second-order valence-corrected chi connectivity index (χ2v) is 5.52. The first kappa shape index (κ1) is 15.4. The Hall–Kier alpha value is -0.970. The Bertz CT molecular complexity index is 390. The predicted molar refractivity (Wildman–Crippen MR) is 76.9 cm³/mol. The van der Waals surface area contributed by atoms with E-state index in [-0.39, 0.29) is 18.0 Å². The predicted octanol–water partition coefficient (Wildman–Crippen LogP) is 2.58. The Morgan fingerprint density at radius 2 is 2.15 bits per heavy atom. The molecule has 0 spiro atoms. The Labute approximate surface area is 120 Å². The third-order valence-corrected chi connectivity index (χ3v) is 3.75. The van der Waals surface area contributed by atoms with Gasteiger partial charge in [-0.15, -0.1) is 0 Å². The minimum absolute atomic E-state index is 0.215. The van der Waals surface area contributed by atoms with Crippen LogP contribution in [0.5, 0.6) is 0 Å². The van der Waals surface area contributed by atoms with Gasteiger partial charge in [0.1, 0.15) is 5.82 Å². The normalized spacial score (nSPS) is 20.5. The van der Waals surface area contributed by atoms with Gasteiger partial charge in [-0.3, -0.25) is 4.90 Å². The summed E-state index contributed by atoms with van der Waals surface area (Å²) in [6.45, 7) is 5.00. The van der Waals surface area contributed by atoms with Gasteiger partial charge in [0, 0.05) is 26.2 Å². The molecule has 0 saturated carbocycles. The van der Waals surface area contributed by atoms with E-state index in [9.17, 15) is 9.50 Å². The van der Waals surface area contributed by atoms with Crippen molar-refractivity contribution in [3.05, 3.63) is 35.6 Å². The highest BCUT2D eigenvalue weighted by molar-refractivity contribution is 5.15. The molecular formula is C16H24FNO2. The van der Waals surface area contributed by atoms with Gasteiger partial charge in [-0.2, -0.15) is 0 Å². The van der Waals surface area contributed by atoms with Crippen molar-refractivity contribution in [3.8, 4) is 0 Å². The largest absolute Gasteiger partial charge is 0.392 e. The zero-order valence-electron chi connectivity index (χ0n) is 12.1. The fraction of sp³-hybridized carbons (Fsp3) is 0.625. The molecule has 1 heterocycles. The smallest absolute Gasteiger partial charge is 0.123 e. The van der Waals surface area contributed by atoms with E-state index in [1.165, 1.54) is 12.1 Å². The summed E-state index contributed by atoms with van der Waals surface area (Å²) in [5.41, 5.74) is 1.06. The fourth-order valence-corrected chi connectivity index (χ4v) is 2.56. The van der Waals surface area contributed by atoms with Crippen molar-refractivity contribution in [2.24, 2.45) is 0 Å². The maximum Gasteiger partial charge on any atom is 0.123 e. The van der Waals surface area contributed by atoms with Crippen LogP contribution in [0.2, 0.25) is 0 Å². The number of aliphatic hydroxyl groups is 1. The molecule has 1 aliphatic rings. The molecule has 3 nitrogen and oxygen atoms in total. The standard InChI is InChI=1S/C16H24FNO2/c1-2-15(19)11-18(12-16-4-3-9-20-16)10-13-5-7-14(17)8-6-13/h5-8,15-16,19H,2-4,9-12H2,1H3/t15-,16+/m0/s1. The summed E-state index contributed by atoms with van der Waals surface area (Å²) < 4.78 is 18.6. The lowest BCUT2D eigenvalue weighted by Gasteiger charge is -2.27. The summed E-state index contributed by atoms with van der Waals surface area (Å²) in [4.78, 5) is 2.21. The van der Waals surface area contributed by atoms with Gasteiger partial charge >= 0.3 is 0 Å². The van der Waals surface area contributed by atoms with Crippen molar-refractivity contribution in [1.82, 2.24) is 4.90 Å². The lowest BCUT2D eigenvalue weighted by atomic mass is 10.1. The molecule has 0 bridgehead atoms. The number of rotatable bonds is 7. The van der Waals surface area contributed by atoms with Gasteiger partial charge in [0.05, 0.1) is 12.2 Å². The van der Waals surface area contributed by atoms with Crippen molar-refractivity contribution in [3.63, 3.8) is 0 Å². The van der Waals surface area contributed by atoms with Gasteiger partial charge in [-0.05, 0) is 37.0 Å². The third-order valence-electron chi connectivity index (χ3n) is 3.75. The van der Waals surface area contributed by atoms with E-state index in [1.54, 1.807) is 12.1 Å². The molecule has 0 unspecified atom stereocenters. The molecule has 0 aromatic heterocycles. The van der Waals surface area contributed by atoms with Gasteiger partial charge in [-0.1, -0.05) is 19.1 Å². The summed E-state index contributed by atoms with van der Waals surface area (Å²) in [5.74, 6) is -0.215. The Kier molecular flexibility index (Phi) is 5.95. The molecule has 1 aliphatic heterocycles. The van der Waals surface area contributed by atoms with Crippen LogP contribution in [0.25, 0.3) is 0 Å². The zero-order chi connectivity index (χ0) is 14.4. The highest BCUT2D eigenvalue weighted by Crippen LogP contribution is 2.16. The molecule has 2 atom stereocenters. The number of nitrogens with zero attached hydrogens (tertiary/aromatic N) is 1. The lowest BCUT2D eigenvalue weighted by molar-refractivity contribution is 0.0455. The Balaban J connectivity index is 1.95. The monoisotopic (exact) mass is 281 g/mol. The second-order valence-electron chi connectivity index (χ2n) is 5.52. The summed E-state index contributed by atoms with van der Waals surface area (Å²) in [5, 5.41) is 9.88. The zero-order valence-corrected chi connectivity index (χ0v) is 12.1. The van der Waals surface area contributed by atoms with Crippen LogP contribution in [-0.2, 0) is 11.3 Å². The van der Waals surface area contributed by atoms with Crippen LogP contribution in [0.1, 0.15) is 31.7 Å². The van der Waals surface area contributed by atoms with Crippen molar-refractivity contribution in [2.75, 3.05) is 19.7 Å². The maximum absolute atomic E-state index is 12.9. The molecule has 112 valence electrons. The van der Waals surface area contributed by atoms with E-state index >= 15 is 0 Å². The molecule has 0 amide bonds. The fourth-order valence-electron chi connectivity index (χ4n) is 2.56. The van der Waals surface area contributed by atoms with Crippen molar-refractivity contribution >= 4 is 0 Å². The molecule has 0 radical (unpaired) electrons. The van der Waals surface area contributed by atoms with Crippen LogP contribution in [0.3, 0.4) is 0 Å². The second kappa shape index (κ2) is 7.72. The molecule has 1 N–H and O–H groups in total. The average Bonchev–Trinajstić information content (AvgIpc) is 2.94. The first-order valence-corrected chi connectivity index (χ1v) is 7.44. The van der Waals surface area contributed by atoms with E-state index < -0.39 is 0 Å². The van der Waals surface area contributed by atoms with Crippen molar-refractivity contribution in [1.29, 1.82) is 0 Å². The highest BCUT2D eigenvalue weighted by atomic mass is 19.1. The van der Waals surface area contributed by atoms with Crippen LogP contribution >= 0.6 is 0 Å². The number of benzene rings is 1. The number of halogens is 1. The first-order chi connectivity index (χ1) is 9.67. The van der Waals surface area contributed by atoms with Crippen molar-refractivity contribution in [2.45, 2.75) is 44.9 Å². The highest BCUT2D eigenvalue weighted by Gasteiger charge is 2.20. The number of aliphatic hydroxyl groups excluding tert-OH is 1. The van der Waals surface area contributed by atoms with Crippen LogP contribution in [0.4, 0.5) is 4.39 Å². The molecular weight excluding hydrogens is 257 g/mol. The van der Waals surface area contributed by atoms with Gasteiger partial charge in [-0.25, -0.2) is 4.39 Å². The van der Waals surface area contributed by atoms with Crippen LogP contribution in [-0.4, -0.2) is 41.9 Å². The summed E-state index contributed by atoms with van der Waals surface area (Å²) in [7, 11) is 0. The molecule has 20 heavy (non-hydrogen) atoms. The van der Waals surface area contributed by atoms with E-state index in [0.29, 0.717) is 6.54 Å². The summed E-state index contributed by atoms with van der Waals surface area (Å²) >= 11 is 0. The Morgan fingerprint density at radius 1 is 1.40 bits per heavy atom. The lowest BCUT2D eigenvalue weighted by Crippen LogP contribution is -2.37. The maximum atomic E-state index is 12.9. The average molecular weight is 281 g/mol. The quantitative estimate of drug-likeness (QED) is 0.834. The third kappa shape index (κ3) is 4.85. The molecule has 1 saturated heterocycles. The molecule has 4 heteroatoms. The molecule has 1 aromatic carbocycles. The van der Waals surface area contributed by atoms with Crippen LogP contribution in [0.15, 0.2) is 24.3 Å². The van der Waals surface area contributed by atoms with E-state index in [2.05, 4.69) is 4.90 Å². The topological polar surface area (TPSA) is 32.7 Å². The molecule has 1 aromatic rings. The van der Waals surface area contributed by atoms with Gasteiger partial charge < -0.3 is 9.84 Å². The van der Waals surface area contributed by atoms with Crippen molar-refractivity contribution < 1.29 is 14.2 Å². The minimum atomic E-state index is -0.322. The number of hydrogen-bond acceptors (Lipinski definition) is 3.